The summed E-state index contributed by atoms with van der Waals surface area (Å²) in [5.74, 6) is 0. The Morgan fingerprint density at radius 3 is 2.76 bits per heavy atom. The lowest BCUT2D eigenvalue weighted by atomic mass is 10.0. The number of benzene rings is 1. The number of sulfonamides is 1. The number of rotatable bonds is 6. The van der Waals surface area contributed by atoms with Crippen molar-refractivity contribution in [2.75, 3.05) is 0 Å². The number of aromatic nitrogens is 1. The molecule has 0 aliphatic rings. The van der Waals surface area contributed by atoms with Crippen molar-refractivity contribution in [3.05, 3.63) is 45.9 Å². The Hall–Kier alpha value is -1.28. The molecule has 7 heteroatoms. The van der Waals surface area contributed by atoms with E-state index in [0.717, 1.165) is 21.9 Å². The molecule has 0 bridgehead atoms. The molecule has 114 valence electrons. The quantitative estimate of drug-likeness (QED) is 0.853. The number of hydrogen-bond donors (Lipinski definition) is 2. The third-order valence-corrected chi connectivity index (χ3v) is 5.01. The van der Waals surface area contributed by atoms with Crippen molar-refractivity contribution in [1.29, 1.82) is 0 Å². The van der Waals surface area contributed by atoms with Crippen LogP contribution in [0, 0.1) is 6.92 Å². The van der Waals surface area contributed by atoms with Gasteiger partial charge >= 0.3 is 0 Å². The van der Waals surface area contributed by atoms with Gasteiger partial charge in [0.15, 0.2) is 0 Å². The molecule has 5 nitrogen and oxygen atoms in total. The van der Waals surface area contributed by atoms with Gasteiger partial charge in [-0.15, -0.1) is 11.3 Å². The zero-order valence-corrected chi connectivity index (χ0v) is 13.7. The Labute approximate surface area is 129 Å². The predicted octanol–water partition coefficient (Wildman–Crippen LogP) is 2.34. The second kappa shape index (κ2) is 6.65. The number of aryl methyl sites for hydroxylation is 1. The van der Waals surface area contributed by atoms with Crippen LogP contribution in [0.5, 0.6) is 0 Å². The van der Waals surface area contributed by atoms with Gasteiger partial charge in [-0.1, -0.05) is 19.1 Å². The van der Waals surface area contributed by atoms with Crippen molar-refractivity contribution in [3.63, 3.8) is 0 Å². The molecule has 21 heavy (non-hydrogen) atoms. The summed E-state index contributed by atoms with van der Waals surface area (Å²) in [6, 6.07) is 6.85. The Kier molecular flexibility index (Phi) is 5.10. The van der Waals surface area contributed by atoms with E-state index in [0.29, 0.717) is 6.54 Å². The number of hydrogen-bond acceptors (Lipinski definition) is 5. The van der Waals surface area contributed by atoms with Gasteiger partial charge in [0.1, 0.15) is 0 Å². The second-order valence-corrected chi connectivity index (χ2v) is 7.69. The monoisotopic (exact) mass is 325 g/mol. The Balaban J connectivity index is 2.14. The maximum absolute atomic E-state index is 11.4. The molecule has 2 aromatic rings. The molecule has 2 rings (SSSR count). The standard InChI is InChI=1S/C14H19N3O2S2/c1-3-14(17-9-12-8-16-10(2)20-12)11-5-4-6-13(7-11)21(15,18)19/h4-8,14,17H,3,9H2,1-2H3,(H2,15,18,19). The van der Waals surface area contributed by atoms with Gasteiger partial charge in [0, 0.05) is 23.7 Å². The molecular formula is C14H19N3O2S2. The lowest BCUT2D eigenvalue weighted by molar-refractivity contribution is 0.520. The minimum atomic E-state index is -3.67. The largest absolute Gasteiger partial charge is 0.305 e. The number of nitrogens with two attached hydrogens (primary N) is 1. The molecule has 1 aromatic heterocycles. The Morgan fingerprint density at radius 1 is 1.43 bits per heavy atom. The molecule has 0 spiro atoms. The molecule has 1 unspecified atom stereocenters. The lowest BCUT2D eigenvalue weighted by Crippen LogP contribution is -2.20. The molecule has 0 amide bonds. The molecule has 0 aliphatic carbocycles. The Morgan fingerprint density at radius 2 is 2.19 bits per heavy atom. The van der Waals surface area contributed by atoms with Crippen molar-refractivity contribution in [2.24, 2.45) is 5.14 Å². The first-order valence-corrected chi connectivity index (χ1v) is 9.04. The molecule has 0 fully saturated rings. The molecule has 1 atom stereocenters. The number of nitrogens with zero attached hydrogens (tertiary/aromatic N) is 1. The van der Waals surface area contributed by atoms with E-state index in [1.54, 1.807) is 23.5 Å². The second-order valence-electron chi connectivity index (χ2n) is 4.80. The average Bonchev–Trinajstić information content (AvgIpc) is 2.85. The van der Waals surface area contributed by atoms with Crippen molar-refractivity contribution >= 4 is 21.4 Å². The fourth-order valence-corrected chi connectivity index (χ4v) is 3.43. The van der Waals surface area contributed by atoms with Gasteiger partial charge in [0.2, 0.25) is 10.0 Å². The predicted molar refractivity (Wildman–Crippen MR) is 84.5 cm³/mol. The van der Waals surface area contributed by atoms with Crippen LogP contribution in [0.4, 0.5) is 0 Å². The van der Waals surface area contributed by atoms with Crippen LogP contribution in [-0.4, -0.2) is 13.4 Å². The summed E-state index contributed by atoms with van der Waals surface area (Å²) in [7, 11) is -3.67. The zero-order valence-electron chi connectivity index (χ0n) is 12.0. The first-order chi connectivity index (χ1) is 9.90. The highest BCUT2D eigenvalue weighted by molar-refractivity contribution is 7.89. The van der Waals surface area contributed by atoms with Gasteiger partial charge in [-0.25, -0.2) is 18.5 Å². The molecular weight excluding hydrogens is 306 g/mol. The summed E-state index contributed by atoms with van der Waals surface area (Å²) in [6.07, 6.45) is 2.71. The van der Waals surface area contributed by atoms with Crippen molar-refractivity contribution in [2.45, 2.75) is 37.8 Å². The SMILES string of the molecule is CCC(NCc1cnc(C)s1)c1cccc(S(N)(=O)=O)c1. The van der Waals surface area contributed by atoms with Crippen molar-refractivity contribution in [1.82, 2.24) is 10.3 Å². The van der Waals surface area contributed by atoms with E-state index in [4.69, 9.17) is 5.14 Å². The van der Waals surface area contributed by atoms with Crippen LogP contribution in [0.2, 0.25) is 0 Å². The summed E-state index contributed by atoms with van der Waals surface area (Å²) in [5, 5.41) is 9.65. The van der Waals surface area contributed by atoms with Crippen LogP contribution >= 0.6 is 11.3 Å². The van der Waals surface area contributed by atoms with Gasteiger partial charge in [-0.3, -0.25) is 0 Å². The van der Waals surface area contributed by atoms with Crippen LogP contribution in [0.3, 0.4) is 0 Å². The molecule has 0 radical (unpaired) electrons. The maximum Gasteiger partial charge on any atom is 0.238 e. The van der Waals surface area contributed by atoms with E-state index in [2.05, 4.69) is 17.2 Å². The van der Waals surface area contributed by atoms with Crippen LogP contribution in [0.1, 0.15) is 34.8 Å². The maximum atomic E-state index is 11.4. The molecule has 0 saturated heterocycles. The first-order valence-electron chi connectivity index (χ1n) is 6.67. The van der Waals surface area contributed by atoms with Gasteiger partial charge in [-0.05, 0) is 31.0 Å². The zero-order chi connectivity index (χ0) is 15.5. The van der Waals surface area contributed by atoms with Gasteiger partial charge < -0.3 is 5.32 Å². The van der Waals surface area contributed by atoms with E-state index in [1.807, 2.05) is 19.2 Å². The van der Waals surface area contributed by atoms with E-state index in [1.165, 1.54) is 6.07 Å². The highest BCUT2D eigenvalue weighted by Gasteiger charge is 2.13. The number of nitrogens with one attached hydrogen (secondary N) is 1. The van der Waals surface area contributed by atoms with E-state index < -0.39 is 10.0 Å². The summed E-state index contributed by atoms with van der Waals surface area (Å²) >= 11 is 1.65. The summed E-state index contributed by atoms with van der Waals surface area (Å²) < 4.78 is 22.9. The van der Waals surface area contributed by atoms with E-state index >= 15 is 0 Å². The van der Waals surface area contributed by atoms with Crippen LogP contribution in [-0.2, 0) is 16.6 Å². The smallest absolute Gasteiger partial charge is 0.238 e. The van der Waals surface area contributed by atoms with Crippen LogP contribution < -0.4 is 10.5 Å². The minimum absolute atomic E-state index is 0.0779. The third kappa shape index (κ3) is 4.34. The molecule has 1 heterocycles. The highest BCUT2D eigenvalue weighted by Crippen LogP contribution is 2.21. The van der Waals surface area contributed by atoms with Gasteiger partial charge in [-0.2, -0.15) is 0 Å². The topological polar surface area (TPSA) is 85.1 Å². The molecule has 3 N–H and O–H groups in total. The fraction of sp³-hybridized carbons (Fsp3) is 0.357. The summed E-state index contributed by atoms with van der Waals surface area (Å²) in [5.41, 5.74) is 0.922. The average molecular weight is 325 g/mol. The van der Waals surface area contributed by atoms with Crippen LogP contribution in [0.15, 0.2) is 35.4 Å². The molecule has 0 aliphatic heterocycles. The van der Waals surface area contributed by atoms with E-state index in [9.17, 15) is 8.42 Å². The molecule has 1 aromatic carbocycles. The normalized spacial score (nSPS) is 13.3. The highest BCUT2D eigenvalue weighted by atomic mass is 32.2. The minimum Gasteiger partial charge on any atom is -0.305 e. The van der Waals surface area contributed by atoms with Crippen LogP contribution in [0.25, 0.3) is 0 Å². The van der Waals surface area contributed by atoms with Crippen molar-refractivity contribution in [3.8, 4) is 0 Å². The Bertz CT molecular complexity index is 711. The van der Waals surface area contributed by atoms with E-state index in [-0.39, 0.29) is 10.9 Å². The lowest BCUT2D eigenvalue weighted by Gasteiger charge is -2.17. The molecule has 0 saturated carbocycles. The van der Waals surface area contributed by atoms with Gasteiger partial charge in [0.25, 0.3) is 0 Å². The van der Waals surface area contributed by atoms with Gasteiger partial charge in [0.05, 0.1) is 9.90 Å². The number of thiazole rings is 1. The first kappa shape index (κ1) is 16.1. The number of primary sulfonamides is 1. The third-order valence-electron chi connectivity index (χ3n) is 3.19. The van der Waals surface area contributed by atoms with Crippen molar-refractivity contribution < 1.29 is 8.42 Å². The fourth-order valence-electron chi connectivity index (χ4n) is 2.12. The summed E-state index contributed by atoms with van der Waals surface area (Å²) in [4.78, 5) is 5.53. The summed E-state index contributed by atoms with van der Waals surface area (Å²) in [6.45, 7) is 4.74.